The van der Waals surface area contributed by atoms with Crippen LogP contribution in [0.15, 0.2) is 48.5 Å². The minimum absolute atomic E-state index is 0.0231. The number of alkyl halides is 3. The number of halogens is 3. The number of benzene rings is 2. The van der Waals surface area contributed by atoms with Gasteiger partial charge in [-0.3, -0.25) is 0 Å². The van der Waals surface area contributed by atoms with E-state index in [4.69, 9.17) is 0 Å². The maximum Gasteiger partial charge on any atom is 0.416 e. The lowest BCUT2D eigenvalue weighted by Crippen LogP contribution is -2.34. The second kappa shape index (κ2) is 7.92. The van der Waals surface area contributed by atoms with Crippen LogP contribution in [0, 0.1) is 0 Å². The second-order valence-electron chi connectivity index (χ2n) is 5.80. The molecule has 0 spiro atoms. The molecule has 2 aromatic rings. The molecule has 0 radical (unpaired) electrons. The van der Waals surface area contributed by atoms with E-state index in [-0.39, 0.29) is 6.54 Å². The fourth-order valence-corrected chi connectivity index (χ4v) is 2.20. The van der Waals surface area contributed by atoms with Crippen LogP contribution >= 0.6 is 0 Å². The number of carbonyl (C=O) groups excluding carboxylic acids is 1. The summed E-state index contributed by atoms with van der Waals surface area (Å²) in [4.78, 5) is 13.8. The van der Waals surface area contributed by atoms with Gasteiger partial charge in [0.25, 0.3) is 0 Å². The lowest BCUT2D eigenvalue weighted by Gasteiger charge is -2.13. The van der Waals surface area contributed by atoms with E-state index in [1.807, 2.05) is 43.3 Å². The summed E-state index contributed by atoms with van der Waals surface area (Å²) in [7, 11) is 3.88. The highest BCUT2D eigenvalue weighted by Crippen LogP contribution is 2.29. The van der Waals surface area contributed by atoms with Crippen LogP contribution in [-0.4, -0.2) is 20.1 Å². The zero-order valence-corrected chi connectivity index (χ0v) is 14.0. The third kappa shape index (κ3) is 5.70. The molecule has 0 aliphatic heterocycles. The molecule has 2 aromatic carbocycles. The number of nitrogens with one attached hydrogen (secondary N) is 2. The first-order valence-electron chi connectivity index (χ1n) is 7.70. The molecule has 0 aromatic heterocycles. The Hall–Kier alpha value is -2.70. The monoisotopic (exact) mass is 351 g/mol. The minimum atomic E-state index is -4.39. The topological polar surface area (TPSA) is 44.4 Å². The molecule has 0 heterocycles. The number of urea groups is 1. The molecule has 2 N–H and O–H groups in total. The molecule has 0 bridgehead atoms. The summed E-state index contributed by atoms with van der Waals surface area (Å²) in [6, 6.07) is 12.1. The Balaban J connectivity index is 1.83. The molecule has 25 heavy (non-hydrogen) atoms. The van der Waals surface area contributed by atoms with Crippen molar-refractivity contribution >= 4 is 11.7 Å². The molecule has 0 unspecified atom stereocenters. The van der Waals surface area contributed by atoms with Crippen molar-refractivity contribution in [3.05, 3.63) is 65.2 Å². The SMILES string of the molecule is CN(C)c1ccc(CNC(=O)NCc2cccc(C(F)(F)F)c2)cc1. The molecule has 2 rings (SSSR count). The lowest BCUT2D eigenvalue weighted by atomic mass is 10.1. The van der Waals surface area contributed by atoms with Crippen LogP contribution in [0.2, 0.25) is 0 Å². The van der Waals surface area contributed by atoms with Gasteiger partial charge in [0.1, 0.15) is 0 Å². The van der Waals surface area contributed by atoms with Gasteiger partial charge in [0.15, 0.2) is 0 Å². The first kappa shape index (κ1) is 18.6. The zero-order valence-electron chi connectivity index (χ0n) is 14.0. The van der Waals surface area contributed by atoms with E-state index in [1.165, 1.54) is 12.1 Å². The van der Waals surface area contributed by atoms with E-state index in [0.29, 0.717) is 12.1 Å². The predicted octanol–water partition coefficient (Wildman–Crippen LogP) is 3.77. The van der Waals surface area contributed by atoms with Crippen LogP contribution in [0.3, 0.4) is 0 Å². The third-order valence-corrected chi connectivity index (χ3v) is 3.61. The molecule has 2 amide bonds. The summed E-state index contributed by atoms with van der Waals surface area (Å²) in [6.45, 7) is 0.359. The molecule has 0 saturated heterocycles. The summed E-state index contributed by atoms with van der Waals surface area (Å²) >= 11 is 0. The molecule has 134 valence electrons. The summed E-state index contributed by atoms with van der Waals surface area (Å²) in [5.41, 5.74) is 1.64. The third-order valence-electron chi connectivity index (χ3n) is 3.61. The first-order chi connectivity index (χ1) is 11.8. The largest absolute Gasteiger partial charge is 0.416 e. The van der Waals surface area contributed by atoms with Gasteiger partial charge < -0.3 is 15.5 Å². The Bertz CT molecular complexity index is 712. The van der Waals surface area contributed by atoms with Gasteiger partial charge in [-0.05, 0) is 35.4 Å². The second-order valence-corrected chi connectivity index (χ2v) is 5.80. The van der Waals surface area contributed by atoms with Crippen molar-refractivity contribution in [2.45, 2.75) is 19.3 Å². The Morgan fingerprint density at radius 3 is 2.12 bits per heavy atom. The van der Waals surface area contributed by atoms with Crippen molar-refractivity contribution < 1.29 is 18.0 Å². The van der Waals surface area contributed by atoms with Crippen molar-refractivity contribution in [3.8, 4) is 0 Å². The van der Waals surface area contributed by atoms with Crippen molar-refractivity contribution in [2.24, 2.45) is 0 Å². The number of hydrogen-bond donors (Lipinski definition) is 2. The molecule has 4 nitrogen and oxygen atoms in total. The molecule has 0 fully saturated rings. The van der Waals surface area contributed by atoms with E-state index < -0.39 is 17.8 Å². The number of amides is 2. The zero-order chi connectivity index (χ0) is 18.4. The van der Waals surface area contributed by atoms with E-state index in [2.05, 4.69) is 10.6 Å². The maximum atomic E-state index is 12.7. The van der Waals surface area contributed by atoms with Crippen LogP contribution in [-0.2, 0) is 19.3 Å². The van der Waals surface area contributed by atoms with E-state index in [1.54, 1.807) is 0 Å². The molecule has 0 atom stereocenters. The summed E-state index contributed by atoms with van der Waals surface area (Å²) in [6.07, 6.45) is -4.39. The smallest absolute Gasteiger partial charge is 0.378 e. The minimum Gasteiger partial charge on any atom is -0.378 e. The number of carbonyl (C=O) groups is 1. The fraction of sp³-hybridized carbons (Fsp3) is 0.278. The number of nitrogens with zero attached hydrogens (tertiary/aromatic N) is 1. The van der Waals surface area contributed by atoms with Crippen molar-refractivity contribution in [1.82, 2.24) is 10.6 Å². The molecule has 0 aliphatic carbocycles. The number of rotatable bonds is 5. The van der Waals surface area contributed by atoms with Crippen LogP contribution in [0.25, 0.3) is 0 Å². The van der Waals surface area contributed by atoms with Gasteiger partial charge in [-0.1, -0.05) is 24.3 Å². The molecule has 0 saturated carbocycles. The van der Waals surface area contributed by atoms with E-state index >= 15 is 0 Å². The highest BCUT2D eigenvalue weighted by molar-refractivity contribution is 5.73. The van der Waals surface area contributed by atoms with Gasteiger partial charge in [-0.15, -0.1) is 0 Å². The van der Waals surface area contributed by atoms with Crippen molar-refractivity contribution in [3.63, 3.8) is 0 Å². The van der Waals surface area contributed by atoms with E-state index in [9.17, 15) is 18.0 Å². The number of anilines is 1. The van der Waals surface area contributed by atoms with Gasteiger partial charge in [-0.25, -0.2) is 4.79 Å². The summed E-state index contributed by atoms with van der Waals surface area (Å²) < 4.78 is 38.0. The van der Waals surface area contributed by atoms with Gasteiger partial charge in [-0.2, -0.15) is 13.2 Å². The lowest BCUT2D eigenvalue weighted by molar-refractivity contribution is -0.137. The number of hydrogen-bond acceptors (Lipinski definition) is 2. The Labute approximate surface area is 144 Å². The van der Waals surface area contributed by atoms with Gasteiger partial charge in [0, 0.05) is 32.9 Å². The quantitative estimate of drug-likeness (QED) is 0.861. The normalized spacial score (nSPS) is 11.1. The standard InChI is InChI=1S/C18H20F3N3O/c1-24(2)16-8-6-13(7-9-16)11-22-17(25)23-12-14-4-3-5-15(10-14)18(19,20)21/h3-10H,11-12H2,1-2H3,(H2,22,23,25). The molecular formula is C18H20F3N3O. The van der Waals surface area contributed by atoms with Crippen LogP contribution in [0.4, 0.5) is 23.7 Å². The van der Waals surface area contributed by atoms with Gasteiger partial charge in [0.2, 0.25) is 0 Å². The van der Waals surface area contributed by atoms with Gasteiger partial charge >= 0.3 is 12.2 Å². The molecular weight excluding hydrogens is 331 g/mol. The van der Waals surface area contributed by atoms with Crippen molar-refractivity contribution in [1.29, 1.82) is 0 Å². The Morgan fingerprint density at radius 1 is 0.960 bits per heavy atom. The average Bonchev–Trinajstić information content (AvgIpc) is 2.58. The van der Waals surface area contributed by atoms with Crippen LogP contribution in [0.1, 0.15) is 16.7 Å². The Morgan fingerprint density at radius 2 is 1.56 bits per heavy atom. The fourth-order valence-electron chi connectivity index (χ4n) is 2.20. The Kier molecular flexibility index (Phi) is 5.90. The predicted molar refractivity (Wildman–Crippen MR) is 91.3 cm³/mol. The van der Waals surface area contributed by atoms with Crippen molar-refractivity contribution in [2.75, 3.05) is 19.0 Å². The molecule has 7 heteroatoms. The molecule has 0 aliphatic rings. The van der Waals surface area contributed by atoms with Gasteiger partial charge in [0.05, 0.1) is 5.56 Å². The van der Waals surface area contributed by atoms with Crippen LogP contribution in [0.5, 0.6) is 0 Å². The maximum absolute atomic E-state index is 12.7. The highest BCUT2D eigenvalue weighted by atomic mass is 19.4. The average molecular weight is 351 g/mol. The first-order valence-corrected chi connectivity index (χ1v) is 7.70. The summed E-state index contributed by atoms with van der Waals surface area (Å²) in [5, 5.41) is 5.23. The highest BCUT2D eigenvalue weighted by Gasteiger charge is 2.30. The van der Waals surface area contributed by atoms with E-state index in [0.717, 1.165) is 23.4 Å². The van der Waals surface area contributed by atoms with Crippen LogP contribution < -0.4 is 15.5 Å². The summed E-state index contributed by atoms with van der Waals surface area (Å²) in [5.74, 6) is 0.